The Kier molecular flexibility index (Phi) is 6.39. The molecular weight excluding hydrogens is 302 g/mol. The first kappa shape index (κ1) is 20.5. The summed E-state index contributed by atoms with van der Waals surface area (Å²) in [6.07, 6.45) is 12.3. The summed E-state index contributed by atoms with van der Waals surface area (Å²) < 4.78 is 0. The minimum Gasteiger partial charge on any atom is -0.310 e. The van der Waals surface area contributed by atoms with Crippen LogP contribution in [0.15, 0.2) is 24.8 Å². The van der Waals surface area contributed by atoms with Crippen LogP contribution in [0.1, 0.15) is 87.4 Å². The molecule has 1 nitrogen and oxygen atoms in total. The maximum Gasteiger partial charge on any atom is 0.00946 e. The van der Waals surface area contributed by atoms with Gasteiger partial charge in [-0.1, -0.05) is 45.4 Å². The number of hydrogen-bond acceptors (Lipinski definition) is 1. The van der Waals surface area contributed by atoms with Crippen molar-refractivity contribution < 1.29 is 1.43 Å². The first-order valence-electron chi connectivity index (χ1n) is 10.6. The molecule has 3 aliphatic rings. The smallest absolute Gasteiger partial charge is 0.00946 e. The zero-order chi connectivity index (χ0) is 18.8. The summed E-state index contributed by atoms with van der Waals surface area (Å²) >= 11 is 0. The van der Waals surface area contributed by atoms with Crippen LogP contribution in [0.3, 0.4) is 0 Å². The van der Waals surface area contributed by atoms with Gasteiger partial charge in [-0.15, -0.1) is 6.58 Å². The van der Waals surface area contributed by atoms with E-state index in [9.17, 15) is 0 Å². The molecule has 0 bridgehead atoms. The van der Waals surface area contributed by atoms with Crippen LogP contribution in [0.2, 0.25) is 0 Å². The van der Waals surface area contributed by atoms with E-state index in [0.29, 0.717) is 16.7 Å². The number of rotatable bonds is 3. The van der Waals surface area contributed by atoms with E-state index in [2.05, 4.69) is 33.9 Å². The van der Waals surface area contributed by atoms with Gasteiger partial charge < -0.3 is 5.41 Å². The Morgan fingerprint density at radius 2 is 1.88 bits per heavy atom. The number of nitrogens with one attached hydrogen (secondary N) is 1. The molecule has 0 spiro atoms. The molecule has 0 aromatic carbocycles. The maximum atomic E-state index is 8.23. The van der Waals surface area contributed by atoms with E-state index < -0.39 is 0 Å². The molecule has 0 saturated heterocycles. The summed E-state index contributed by atoms with van der Waals surface area (Å²) in [6, 6.07) is 0. The Labute approximate surface area is 158 Å². The van der Waals surface area contributed by atoms with E-state index in [0.717, 1.165) is 23.5 Å². The van der Waals surface area contributed by atoms with Gasteiger partial charge in [0.1, 0.15) is 0 Å². The van der Waals surface area contributed by atoms with Crippen molar-refractivity contribution in [3.05, 3.63) is 24.8 Å². The Bertz CT molecular complexity index is 524. The lowest BCUT2D eigenvalue weighted by atomic mass is 9.47. The fourth-order valence-electron chi connectivity index (χ4n) is 6.96. The van der Waals surface area contributed by atoms with E-state index in [1.54, 1.807) is 6.08 Å². The normalized spacial score (nSPS) is 42.7. The van der Waals surface area contributed by atoms with Gasteiger partial charge >= 0.3 is 0 Å². The van der Waals surface area contributed by atoms with Crippen molar-refractivity contribution in [2.24, 2.45) is 34.5 Å². The quantitative estimate of drug-likeness (QED) is 0.400. The Hall–Kier alpha value is -0.850. The average molecular weight is 346 g/mol. The molecule has 1 N–H and O–H groups in total. The first-order valence-corrected chi connectivity index (χ1v) is 10.6. The minimum atomic E-state index is 0. The maximum absolute atomic E-state index is 8.23. The lowest BCUT2D eigenvalue weighted by Gasteiger charge is -2.57. The van der Waals surface area contributed by atoms with Gasteiger partial charge in [0.2, 0.25) is 0 Å². The molecule has 144 valence electrons. The highest BCUT2D eigenvalue weighted by molar-refractivity contribution is 5.82. The molecule has 6 atom stereocenters. The van der Waals surface area contributed by atoms with E-state index in [1.807, 2.05) is 13.8 Å². The fourth-order valence-corrected chi connectivity index (χ4v) is 6.96. The van der Waals surface area contributed by atoms with E-state index in [4.69, 9.17) is 5.41 Å². The van der Waals surface area contributed by atoms with Crippen LogP contribution in [0.5, 0.6) is 0 Å². The van der Waals surface area contributed by atoms with Crippen molar-refractivity contribution >= 4 is 5.71 Å². The van der Waals surface area contributed by atoms with Gasteiger partial charge in [0.05, 0.1) is 0 Å². The molecule has 1 heteroatoms. The second kappa shape index (κ2) is 7.80. The lowest BCUT2D eigenvalue weighted by molar-refractivity contribution is -0.0406. The predicted molar refractivity (Wildman–Crippen MR) is 113 cm³/mol. The third-order valence-electron chi connectivity index (χ3n) is 8.13. The highest BCUT2D eigenvalue weighted by Gasteiger charge is 2.58. The molecule has 3 fully saturated rings. The molecule has 0 amide bonds. The number of fused-ring (bicyclic) bond motifs is 3. The molecule has 0 aromatic heterocycles. The third kappa shape index (κ3) is 3.40. The topological polar surface area (TPSA) is 23.9 Å². The number of hydrogen-bond donors (Lipinski definition) is 1. The SMILES string of the molecule is C=C1CCC2C(CCC3(C)C(C(C)=N)CCC23)C1(C)CCC.C=CC.[HH]. The van der Waals surface area contributed by atoms with Crippen molar-refractivity contribution in [1.29, 1.82) is 5.41 Å². The molecule has 0 aliphatic heterocycles. The van der Waals surface area contributed by atoms with Gasteiger partial charge in [0, 0.05) is 13.1 Å². The molecule has 3 rings (SSSR count). The van der Waals surface area contributed by atoms with Gasteiger partial charge in [-0.3, -0.25) is 0 Å². The Morgan fingerprint density at radius 3 is 2.44 bits per heavy atom. The van der Waals surface area contributed by atoms with Crippen LogP contribution in [0, 0.1) is 39.9 Å². The predicted octanol–water partition coefficient (Wildman–Crippen LogP) is 7.68. The monoisotopic (exact) mass is 345 g/mol. The van der Waals surface area contributed by atoms with Gasteiger partial charge in [-0.25, -0.2) is 0 Å². The minimum absolute atomic E-state index is 0. The van der Waals surface area contributed by atoms with Crippen molar-refractivity contribution in [3.8, 4) is 0 Å². The Morgan fingerprint density at radius 1 is 1.24 bits per heavy atom. The molecule has 25 heavy (non-hydrogen) atoms. The zero-order valence-corrected chi connectivity index (χ0v) is 17.5. The molecule has 3 saturated carbocycles. The van der Waals surface area contributed by atoms with E-state index in [-0.39, 0.29) is 1.43 Å². The molecule has 0 heterocycles. The molecule has 0 aromatic rings. The Balaban J connectivity index is 0.000000791. The summed E-state index contributed by atoms with van der Waals surface area (Å²) in [5, 5.41) is 8.23. The van der Waals surface area contributed by atoms with Gasteiger partial charge in [-0.2, -0.15) is 0 Å². The van der Waals surface area contributed by atoms with Crippen LogP contribution >= 0.6 is 0 Å². The second-order valence-corrected chi connectivity index (χ2v) is 9.45. The average Bonchev–Trinajstić information content (AvgIpc) is 2.89. The second-order valence-electron chi connectivity index (χ2n) is 9.45. The van der Waals surface area contributed by atoms with E-state index >= 15 is 0 Å². The molecule has 0 radical (unpaired) electrons. The lowest BCUT2D eigenvalue weighted by Crippen LogP contribution is -2.50. The van der Waals surface area contributed by atoms with Crippen LogP contribution < -0.4 is 0 Å². The molecule has 6 unspecified atom stereocenters. The summed E-state index contributed by atoms with van der Waals surface area (Å²) in [4.78, 5) is 0. The highest BCUT2D eigenvalue weighted by atomic mass is 14.6. The third-order valence-corrected chi connectivity index (χ3v) is 8.13. The van der Waals surface area contributed by atoms with Crippen molar-refractivity contribution in [2.45, 2.75) is 86.0 Å². The number of allylic oxidation sites excluding steroid dienone is 2. The van der Waals surface area contributed by atoms with E-state index in [1.165, 1.54) is 56.9 Å². The van der Waals surface area contributed by atoms with Gasteiger partial charge in [0.15, 0.2) is 0 Å². The zero-order valence-electron chi connectivity index (χ0n) is 17.5. The first-order chi connectivity index (χ1) is 11.8. The molecular formula is C24H43N. The van der Waals surface area contributed by atoms with Crippen LogP contribution in [0.4, 0.5) is 0 Å². The standard InChI is InChI=1S/C21H35N.C3H6.H2/c1-6-12-20(4)14(2)7-8-16-18-10-9-17(15(3)22)21(18,5)13-11-19(16)20;1-3-2;/h16-19,22H,2,6-13H2,1,3-5H3;3H,1H2,2H3;1H. The summed E-state index contributed by atoms with van der Waals surface area (Å²) in [5.74, 6) is 3.17. The van der Waals surface area contributed by atoms with Crippen molar-refractivity contribution in [2.75, 3.05) is 0 Å². The fraction of sp³-hybridized carbons (Fsp3) is 0.792. The van der Waals surface area contributed by atoms with Crippen LogP contribution in [0.25, 0.3) is 0 Å². The van der Waals surface area contributed by atoms with Crippen molar-refractivity contribution in [1.82, 2.24) is 0 Å². The largest absolute Gasteiger partial charge is 0.310 e. The summed E-state index contributed by atoms with van der Waals surface area (Å²) in [5.41, 5.74) is 3.28. The van der Waals surface area contributed by atoms with Crippen LogP contribution in [-0.4, -0.2) is 5.71 Å². The van der Waals surface area contributed by atoms with Gasteiger partial charge in [-0.05, 0) is 87.4 Å². The highest BCUT2D eigenvalue weighted by Crippen LogP contribution is 2.66. The van der Waals surface area contributed by atoms with Crippen LogP contribution in [-0.2, 0) is 0 Å². The van der Waals surface area contributed by atoms with Crippen molar-refractivity contribution in [3.63, 3.8) is 0 Å². The summed E-state index contributed by atoms with van der Waals surface area (Å²) in [6.45, 7) is 19.2. The summed E-state index contributed by atoms with van der Waals surface area (Å²) in [7, 11) is 0. The molecule has 3 aliphatic carbocycles. The van der Waals surface area contributed by atoms with Gasteiger partial charge in [0.25, 0.3) is 0 Å².